The molecule has 2 aromatic rings. The first-order valence-electron chi connectivity index (χ1n) is 9.66. The van der Waals surface area contributed by atoms with Crippen molar-refractivity contribution in [1.82, 2.24) is 10.2 Å². The molecule has 0 saturated carbocycles. The molecule has 6 heteroatoms. The minimum absolute atomic E-state index is 0.0546. The Kier molecular flexibility index (Phi) is 6.07. The van der Waals surface area contributed by atoms with Gasteiger partial charge in [-0.3, -0.25) is 9.69 Å². The number of aryl methyl sites for hydroxylation is 2. The number of carbonyl (C=O) groups is 1. The number of hydrogen-bond acceptors (Lipinski definition) is 5. The summed E-state index contributed by atoms with van der Waals surface area (Å²) in [5.41, 5.74) is 2.77. The van der Waals surface area contributed by atoms with Gasteiger partial charge in [0.25, 0.3) is 5.91 Å². The van der Waals surface area contributed by atoms with Gasteiger partial charge in [-0.05, 0) is 54.0 Å². The van der Waals surface area contributed by atoms with Crippen LogP contribution in [0.25, 0.3) is 0 Å². The summed E-state index contributed by atoms with van der Waals surface area (Å²) in [6, 6.07) is 10.6. The van der Waals surface area contributed by atoms with Gasteiger partial charge in [0.2, 0.25) is 0 Å². The predicted octanol–water partition coefficient (Wildman–Crippen LogP) is 2.81. The fourth-order valence-electron chi connectivity index (χ4n) is 3.83. The van der Waals surface area contributed by atoms with Crippen LogP contribution in [0.5, 0.6) is 5.75 Å². The maximum absolute atomic E-state index is 12.3. The largest absolute Gasteiger partial charge is 0.484 e. The van der Waals surface area contributed by atoms with Crippen LogP contribution in [0.2, 0.25) is 0 Å². The summed E-state index contributed by atoms with van der Waals surface area (Å²) in [6.07, 6.45) is 3.48. The average Bonchev–Trinajstić information content (AvgIpc) is 3.39. The van der Waals surface area contributed by atoms with Crippen molar-refractivity contribution in [3.05, 3.63) is 51.7 Å². The molecule has 1 aliphatic carbocycles. The number of carbonyl (C=O) groups excluding carboxylic acids is 1. The number of rotatable bonds is 7. The van der Waals surface area contributed by atoms with Gasteiger partial charge in [0.05, 0.1) is 19.3 Å². The van der Waals surface area contributed by atoms with Crippen molar-refractivity contribution in [2.24, 2.45) is 0 Å². The quantitative estimate of drug-likeness (QED) is 0.795. The summed E-state index contributed by atoms with van der Waals surface area (Å²) < 4.78 is 11.2. The van der Waals surface area contributed by atoms with Gasteiger partial charge < -0.3 is 14.8 Å². The van der Waals surface area contributed by atoms with Crippen LogP contribution < -0.4 is 10.1 Å². The maximum atomic E-state index is 12.3. The Bertz CT molecular complexity index is 757. The Morgan fingerprint density at radius 1 is 1.22 bits per heavy atom. The second-order valence-electron chi connectivity index (χ2n) is 7.06. The lowest BCUT2D eigenvalue weighted by atomic mass is 10.1. The molecule has 5 nitrogen and oxygen atoms in total. The minimum atomic E-state index is -0.0784. The molecule has 1 saturated heterocycles. The van der Waals surface area contributed by atoms with Crippen LogP contribution in [0, 0.1) is 0 Å². The van der Waals surface area contributed by atoms with Crippen LogP contribution in [0.4, 0.5) is 0 Å². The normalized spacial score (nSPS) is 18.1. The summed E-state index contributed by atoms with van der Waals surface area (Å²) in [4.78, 5) is 16.0. The second-order valence-corrected chi connectivity index (χ2v) is 8.04. The zero-order chi connectivity index (χ0) is 18.5. The summed E-state index contributed by atoms with van der Waals surface area (Å²) in [7, 11) is 0. The van der Waals surface area contributed by atoms with E-state index in [2.05, 4.69) is 39.9 Å². The Morgan fingerprint density at radius 3 is 2.89 bits per heavy atom. The third-order valence-electron chi connectivity index (χ3n) is 5.29. The highest BCUT2D eigenvalue weighted by Crippen LogP contribution is 2.27. The number of nitrogens with one attached hydrogen (secondary N) is 1. The fourth-order valence-corrected chi connectivity index (χ4v) is 4.69. The first kappa shape index (κ1) is 18.5. The van der Waals surface area contributed by atoms with Crippen molar-refractivity contribution in [1.29, 1.82) is 0 Å². The Balaban J connectivity index is 1.30. The molecule has 0 unspecified atom stereocenters. The molecule has 1 N–H and O–H groups in total. The first-order valence-corrected chi connectivity index (χ1v) is 10.5. The molecule has 0 bridgehead atoms. The molecule has 4 rings (SSSR count). The van der Waals surface area contributed by atoms with Crippen LogP contribution in [-0.4, -0.2) is 50.3 Å². The lowest BCUT2D eigenvalue weighted by Crippen LogP contribution is -2.44. The number of nitrogens with zero attached hydrogens (tertiary/aromatic N) is 1. The predicted molar refractivity (Wildman–Crippen MR) is 106 cm³/mol. The monoisotopic (exact) mass is 386 g/mol. The van der Waals surface area contributed by atoms with Crippen molar-refractivity contribution in [3.63, 3.8) is 0 Å². The van der Waals surface area contributed by atoms with Gasteiger partial charge in [0.1, 0.15) is 5.75 Å². The fraction of sp³-hybridized carbons (Fsp3) is 0.476. The molecule has 144 valence electrons. The van der Waals surface area contributed by atoms with E-state index in [1.807, 2.05) is 6.07 Å². The summed E-state index contributed by atoms with van der Waals surface area (Å²) in [5.74, 6) is 0.708. The van der Waals surface area contributed by atoms with E-state index in [-0.39, 0.29) is 18.6 Å². The Morgan fingerprint density at radius 2 is 2.07 bits per heavy atom. The molecule has 1 aromatic carbocycles. The van der Waals surface area contributed by atoms with E-state index in [4.69, 9.17) is 9.47 Å². The van der Waals surface area contributed by atoms with Crippen molar-refractivity contribution < 1.29 is 14.3 Å². The van der Waals surface area contributed by atoms with E-state index in [0.717, 1.165) is 44.9 Å². The van der Waals surface area contributed by atoms with Crippen molar-refractivity contribution in [2.75, 3.05) is 39.5 Å². The van der Waals surface area contributed by atoms with E-state index >= 15 is 0 Å². The average molecular weight is 387 g/mol. The zero-order valence-electron chi connectivity index (χ0n) is 15.5. The van der Waals surface area contributed by atoms with E-state index in [1.54, 1.807) is 11.3 Å². The van der Waals surface area contributed by atoms with Crippen LogP contribution >= 0.6 is 11.3 Å². The summed E-state index contributed by atoms with van der Waals surface area (Å²) >= 11 is 1.73. The van der Waals surface area contributed by atoms with E-state index < -0.39 is 0 Å². The molecule has 0 radical (unpaired) electrons. The molecule has 1 aliphatic heterocycles. The number of fused-ring (bicyclic) bond motifs is 1. The molecule has 2 aliphatic rings. The van der Waals surface area contributed by atoms with Crippen molar-refractivity contribution >= 4 is 17.2 Å². The number of morpholine rings is 1. The number of benzene rings is 1. The van der Waals surface area contributed by atoms with Crippen molar-refractivity contribution in [3.8, 4) is 5.75 Å². The van der Waals surface area contributed by atoms with Gasteiger partial charge in [0.15, 0.2) is 6.61 Å². The molecule has 2 heterocycles. The molecule has 0 spiro atoms. The van der Waals surface area contributed by atoms with Gasteiger partial charge >= 0.3 is 0 Å². The Hall–Kier alpha value is -1.89. The molecule has 1 aromatic heterocycles. The lowest BCUT2D eigenvalue weighted by molar-refractivity contribution is -0.123. The zero-order valence-corrected chi connectivity index (χ0v) is 16.3. The van der Waals surface area contributed by atoms with E-state index in [9.17, 15) is 4.79 Å². The molecular weight excluding hydrogens is 360 g/mol. The SMILES string of the molecule is O=C(COc1ccc2c(c1)CCC2)NC[C@H](c1cccs1)N1CCOCC1. The van der Waals surface area contributed by atoms with Gasteiger partial charge in [0, 0.05) is 24.5 Å². The third kappa shape index (κ3) is 4.69. The van der Waals surface area contributed by atoms with Crippen molar-refractivity contribution in [2.45, 2.75) is 25.3 Å². The van der Waals surface area contributed by atoms with Crippen LogP contribution in [0.15, 0.2) is 35.7 Å². The van der Waals surface area contributed by atoms with Crippen LogP contribution in [0.3, 0.4) is 0 Å². The standard InChI is InChI=1S/C21H26N2O3S/c24-21(15-26-18-7-6-16-3-1-4-17(16)13-18)22-14-19(20-5-2-12-27-20)23-8-10-25-11-9-23/h2,5-7,12-13,19H,1,3-4,8-11,14-15H2,(H,22,24)/t19-/m1/s1. The highest BCUT2D eigenvalue weighted by molar-refractivity contribution is 7.10. The van der Waals surface area contributed by atoms with E-state index in [0.29, 0.717) is 6.54 Å². The Labute approximate surface area is 164 Å². The van der Waals surface area contributed by atoms with Gasteiger partial charge in [-0.25, -0.2) is 0 Å². The molecule has 1 fully saturated rings. The van der Waals surface area contributed by atoms with Crippen LogP contribution in [0.1, 0.15) is 28.5 Å². The third-order valence-corrected chi connectivity index (χ3v) is 6.26. The number of amides is 1. The number of ether oxygens (including phenoxy) is 2. The molecular formula is C21H26N2O3S. The maximum Gasteiger partial charge on any atom is 0.258 e. The van der Waals surface area contributed by atoms with Gasteiger partial charge in [-0.2, -0.15) is 0 Å². The summed E-state index contributed by atoms with van der Waals surface area (Å²) in [6.45, 7) is 3.93. The molecule has 1 amide bonds. The lowest BCUT2D eigenvalue weighted by Gasteiger charge is -2.34. The molecule has 27 heavy (non-hydrogen) atoms. The molecule has 1 atom stereocenters. The topological polar surface area (TPSA) is 50.8 Å². The van der Waals surface area contributed by atoms with E-state index in [1.165, 1.54) is 22.4 Å². The number of hydrogen-bond donors (Lipinski definition) is 1. The minimum Gasteiger partial charge on any atom is -0.484 e. The number of thiophene rings is 1. The smallest absolute Gasteiger partial charge is 0.258 e. The summed E-state index contributed by atoms with van der Waals surface area (Å²) in [5, 5.41) is 5.14. The van der Waals surface area contributed by atoms with Gasteiger partial charge in [-0.1, -0.05) is 12.1 Å². The van der Waals surface area contributed by atoms with Gasteiger partial charge in [-0.15, -0.1) is 11.3 Å². The highest BCUT2D eigenvalue weighted by Gasteiger charge is 2.24. The highest BCUT2D eigenvalue weighted by atomic mass is 32.1. The first-order chi connectivity index (χ1) is 13.3. The van der Waals surface area contributed by atoms with Crippen LogP contribution in [-0.2, 0) is 22.4 Å². The second kappa shape index (κ2) is 8.87.